The predicted octanol–water partition coefficient (Wildman–Crippen LogP) is 10.4. The van der Waals surface area contributed by atoms with Gasteiger partial charge in [0.05, 0.1) is 10.3 Å². The van der Waals surface area contributed by atoms with Gasteiger partial charge in [0.15, 0.2) is 0 Å². The quantitative estimate of drug-likeness (QED) is 0.0976. The number of anilines is 1. The Bertz CT molecular complexity index is 2060. The van der Waals surface area contributed by atoms with Gasteiger partial charge in [0.2, 0.25) is 0 Å². The summed E-state index contributed by atoms with van der Waals surface area (Å²) >= 11 is 0. The Morgan fingerprint density at radius 3 is 1.64 bits per heavy atom. The number of amides is 1. The van der Waals surface area contributed by atoms with E-state index in [0.29, 0.717) is 12.0 Å². The van der Waals surface area contributed by atoms with Crippen LogP contribution in [0.25, 0.3) is 0 Å². The van der Waals surface area contributed by atoms with Gasteiger partial charge < -0.3 is 4.90 Å². The van der Waals surface area contributed by atoms with E-state index >= 15 is 0 Å². The highest BCUT2D eigenvalue weighted by atomic mass is 16.6. The lowest BCUT2D eigenvalue weighted by Gasteiger charge is -2.52. The third kappa shape index (κ3) is 5.39. The molecule has 1 aliphatic heterocycles. The molecule has 0 bridgehead atoms. The smallest absolute Gasteiger partial charge is 0.269 e. The van der Waals surface area contributed by atoms with Crippen molar-refractivity contribution in [2.75, 3.05) is 4.90 Å². The van der Waals surface area contributed by atoms with E-state index in [1.165, 1.54) is 23.3 Å². The van der Waals surface area contributed by atoms with E-state index in [4.69, 9.17) is 0 Å². The fourth-order valence-electron chi connectivity index (χ4n) is 8.26. The van der Waals surface area contributed by atoms with Crippen LogP contribution in [-0.4, -0.2) is 16.4 Å². The molecule has 248 valence electrons. The Morgan fingerprint density at radius 2 is 1.16 bits per heavy atom. The van der Waals surface area contributed by atoms with Crippen molar-refractivity contribution in [1.82, 2.24) is 0 Å². The number of fused-ring (bicyclic) bond motifs is 1. The van der Waals surface area contributed by atoms with Crippen LogP contribution >= 0.6 is 0 Å². The lowest BCUT2D eigenvalue weighted by atomic mass is 9.62. The van der Waals surface area contributed by atoms with Crippen LogP contribution < -0.4 is 4.90 Å². The molecule has 0 saturated heterocycles. The number of carbonyl (C=O) groups is 1. The van der Waals surface area contributed by atoms with Crippen molar-refractivity contribution in [3.8, 4) is 0 Å². The van der Waals surface area contributed by atoms with Gasteiger partial charge in [0.1, 0.15) is 0 Å². The van der Waals surface area contributed by atoms with Crippen molar-refractivity contribution < 1.29 is 9.72 Å². The number of nitrogens with zero attached hydrogens (tertiary/aromatic N) is 2. The lowest BCUT2D eigenvalue weighted by molar-refractivity contribution is -0.384. The van der Waals surface area contributed by atoms with E-state index in [1.54, 1.807) is 12.1 Å². The van der Waals surface area contributed by atoms with E-state index in [-0.39, 0.29) is 11.6 Å². The van der Waals surface area contributed by atoms with E-state index in [1.807, 2.05) is 23.1 Å². The highest BCUT2D eigenvalue weighted by molar-refractivity contribution is 6.08. The summed E-state index contributed by atoms with van der Waals surface area (Å²) in [5.41, 5.74) is 7.25. The van der Waals surface area contributed by atoms with Crippen LogP contribution in [0.3, 0.4) is 0 Å². The zero-order chi connectivity index (χ0) is 35.1. The zero-order valence-corrected chi connectivity index (χ0v) is 28.8. The van der Waals surface area contributed by atoms with Crippen LogP contribution in [-0.2, 0) is 10.8 Å². The molecule has 1 amide bonds. The van der Waals surface area contributed by atoms with E-state index in [2.05, 4.69) is 143 Å². The Hall–Kier alpha value is -5.81. The van der Waals surface area contributed by atoms with Crippen LogP contribution in [0.1, 0.15) is 76.5 Å². The summed E-state index contributed by atoms with van der Waals surface area (Å²) in [6.07, 6.45) is 0.676. The highest BCUT2D eigenvalue weighted by Gasteiger charge is 2.49. The zero-order valence-electron chi connectivity index (χ0n) is 28.8. The number of nitro groups is 1. The Labute approximate surface area is 294 Å². The van der Waals surface area contributed by atoms with Gasteiger partial charge in [-0.1, -0.05) is 140 Å². The molecular weight excluding hydrogens is 617 g/mol. The van der Waals surface area contributed by atoms with E-state index in [0.717, 1.165) is 33.5 Å². The summed E-state index contributed by atoms with van der Waals surface area (Å²) in [5.74, 6) is -0.195. The summed E-state index contributed by atoms with van der Waals surface area (Å²) < 4.78 is 0. The number of aryl methyl sites for hydroxylation is 1. The number of carbonyl (C=O) groups excluding carboxylic acids is 1. The normalized spacial score (nSPS) is 16.8. The summed E-state index contributed by atoms with van der Waals surface area (Å²) in [6.45, 7) is 8.62. The number of hydrogen-bond acceptors (Lipinski definition) is 3. The first-order chi connectivity index (χ1) is 24.1. The minimum absolute atomic E-state index is 0.0487. The largest absolute Gasteiger partial charge is 0.302 e. The van der Waals surface area contributed by atoms with Gasteiger partial charge in [-0.3, -0.25) is 14.9 Å². The monoisotopic (exact) mass is 656 g/mol. The summed E-state index contributed by atoms with van der Waals surface area (Å²) in [5, 5.41) is 11.5. The molecular formula is C45H40N2O3. The minimum atomic E-state index is -0.706. The molecule has 7 rings (SSSR count). The van der Waals surface area contributed by atoms with Gasteiger partial charge in [0, 0.05) is 34.3 Å². The molecule has 0 fully saturated rings. The van der Waals surface area contributed by atoms with Crippen molar-refractivity contribution in [2.24, 2.45) is 0 Å². The molecule has 1 atom stereocenters. The standard InChI is InChI=1S/C45H40N2O3/c1-32-20-24-34(25-21-32)44(4)31-43(2,3)46(42(48)33-22-27-39(28-23-33)47(49)50)41-30-38(26-29-40(41)44)45(35-14-8-5-9-15-35,36-16-10-6-11-17-36)37-18-12-7-13-19-37/h5-30H,31H2,1-4H3/t44-/m1/s1. The molecule has 0 aromatic heterocycles. The van der Waals surface area contributed by atoms with E-state index < -0.39 is 21.3 Å². The van der Waals surface area contributed by atoms with Crippen molar-refractivity contribution in [3.05, 3.63) is 212 Å². The Morgan fingerprint density at radius 1 is 0.660 bits per heavy atom. The summed E-state index contributed by atoms with van der Waals surface area (Å²) in [7, 11) is 0. The summed E-state index contributed by atoms with van der Waals surface area (Å²) in [6, 6.07) is 53.0. The maximum atomic E-state index is 14.8. The molecule has 1 aliphatic rings. The molecule has 0 saturated carbocycles. The number of rotatable bonds is 7. The molecule has 6 aromatic carbocycles. The molecule has 0 unspecified atom stereocenters. The van der Waals surface area contributed by atoms with Crippen LogP contribution in [0.4, 0.5) is 11.4 Å². The van der Waals surface area contributed by atoms with Crippen molar-refractivity contribution in [1.29, 1.82) is 0 Å². The van der Waals surface area contributed by atoms with Crippen molar-refractivity contribution in [2.45, 2.75) is 50.5 Å². The molecule has 0 radical (unpaired) electrons. The van der Waals surface area contributed by atoms with Gasteiger partial charge in [-0.25, -0.2) is 0 Å². The van der Waals surface area contributed by atoms with Crippen molar-refractivity contribution in [3.63, 3.8) is 0 Å². The molecule has 50 heavy (non-hydrogen) atoms. The number of non-ortho nitro benzene ring substituents is 1. The number of nitro benzene ring substituents is 1. The van der Waals surface area contributed by atoms with E-state index in [9.17, 15) is 14.9 Å². The summed E-state index contributed by atoms with van der Waals surface area (Å²) in [4.78, 5) is 27.7. The molecule has 5 nitrogen and oxygen atoms in total. The maximum absolute atomic E-state index is 14.8. The topological polar surface area (TPSA) is 63.5 Å². The van der Waals surface area contributed by atoms with Crippen molar-refractivity contribution >= 4 is 17.3 Å². The van der Waals surface area contributed by atoms with Gasteiger partial charge in [-0.2, -0.15) is 0 Å². The van der Waals surface area contributed by atoms with Crippen LogP contribution in [0, 0.1) is 17.0 Å². The molecule has 0 N–H and O–H groups in total. The third-order valence-corrected chi connectivity index (χ3v) is 10.5. The SMILES string of the molecule is Cc1ccc([C@@]2(C)CC(C)(C)N(C(=O)c3ccc([N+](=O)[O-])cc3)c3cc(C(c4ccccc4)(c4ccccc4)c4ccccc4)ccc32)cc1. The molecule has 6 aromatic rings. The minimum Gasteiger partial charge on any atom is -0.302 e. The fourth-order valence-corrected chi connectivity index (χ4v) is 8.26. The molecule has 0 aliphatic carbocycles. The van der Waals surface area contributed by atoms with Crippen LogP contribution in [0.2, 0.25) is 0 Å². The van der Waals surface area contributed by atoms with Crippen LogP contribution in [0.5, 0.6) is 0 Å². The number of benzene rings is 6. The third-order valence-electron chi connectivity index (χ3n) is 10.5. The van der Waals surface area contributed by atoms with Gasteiger partial charge in [-0.05, 0) is 78.8 Å². The second kappa shape index (κ2) is 12.6. The van der Waals surface area contributed by atoms with Gasteiger partial charge in [-0.15, -0.1) is 0 Å². The predicted molar refractivity (Wildman–Crippen MR) is 201 cm³/mol. The molecule has 5 heteroatoms. The fraction of sp³-hybridized carbons (Fsp3) is 0.178. The Kier molecular flexibility index (Phi) is 8.23. The second-order valence-electron chi connectivity index (χ2n) is 14.2. The average molecular weight is 657 g/mol. The highest BCUT2D eigenvalue weighted by Crippen LogP contribution is 2.54. The first-order valence-electron chi connectivity index (χ1n) is 17.0. The molecule has 1 heterocycles. The Balaban J connectivity index is 1.54. The van der Waals surface area contributed by atoms with Gasteiger partial charge >= 0.3 is 0 Å². The first-order valence-corrected chi connectivity index (χ1v) is 17.0. The number of hydrogen-bond donors (Lipinski definition) is 0. The second-order valence-corrected chi connectivity index (χ2v) is 14.2. The first kappa shape index (κ1) is 32.7. The lowest BCUT2D eigenvalue weighted by Crippen LogP contribution is -2.56. The van der Waals surface area contributed by atoms with Gasteiger partial charge in [0.25, 0.3) is 11.6 Å². The molecule has 0 spiro atoms. The maximum Gasteiger partial charge on any atom is 0.269 e. The average Bonchev–Trinajstić information content (AvgIpc) is 3.13. The van der Waals surface area contributed by atoms with Crippen LogP contribution in [0.15, 0.2) is 158 Å².